The summed E-state index contributed by atoms with van der Waals surface area (Å²) in [4.78, 5) is 15.3. The van der Waals surface area contributed by atoms with E-state index in [0.29, 0.717) is 12.3 Å². The molecule has 0 aliphatic rings. The molecule has 2 aromatic rings. The summed E-state index contributed by atoms with van der Waals surface area (Å²) in [7, 11) is -3.08. The number of pyridine rings is 1. The predicted molar refractivity (Wildman–Crippen MR) is 120 cm³/mol. The first-order chi connectivity index (χ1) is 16.9. The van der Waals surface area contributed by atoms with Crippen LogP contribution in [0.5, 0.6) is 17.4 Å². The van der Waals surface area contributed by atoms with Gasteiger partial charge in [-0.15, -0.1) is 0 Å². The molecule has 0 aliphatic carbocycles. The number of carbonyl (C=O) groups is 1. The van der Waals surface area contributed by atoms with Crippen LogP contribution in [0.3, 0.4) is 0 Å². The highest BCUT2D eigenvalue weighted by Gasteiger charge is 2.32. The van der Waals surface area contributed by atoms with E-state index < -0.39 is 45.5 Å². The number of benzene rings is 1. The van der Waals surface area contributed by atoms with Crippen molar-refractivity contribution in [2.75, 3.05) is 33.5 Å². The highest BCUT2D eigenvalue weighted by molar-refractivity contribution is 7.87. The second kappa shape index (κ2) is 12.9. The number of alkyl halides is 3. The number of hydrogen-bond acceptors (Lipinski definition) is 8. The van der Waals surface area contributed by atoms with Crippen LogP contribution in [0.2, 0.25) is 5.02 Å². The maximum Gasteiger partial charge on any atom is 0.422 e. The second-order valence-electron chi connectivity index (χ2n) is 6.99. The maximum absolute atomic E-state index is 12.9. The number of aromatic nitrogens is 1. The van der Waals surface area contributed by atoms with Crippen molar-refractivity contribution >= 4 is 27.9 Å². The average molecular weight is 558 g/mol. The number of hydrogen-bond donors (Lipinski definition) is 3. The summed E-state index contributed by atoms with van der Waals surface area (Å²) in [6.45, 7) is -0.925. The number of amides is 1. The third-order valence-corrected chi connectivity index (χ3v) is 6.08. The Labute approximate surface area is 209 Å². The van der Waals surface area contributed by atoms with Gasteiger partial charge in [0, 0.05) is 38.1 Å². The number of rotatable bonds is 13. The number of nitrogens with zero attached hydrogens (tertiary/aromatic N) is 2. The van der Waals surface area contributed by atoms with Crippen molar-refractivity contribution in [3.63, 3.8) is 0 Å². The lowest BCUT2D eigenvalue weighted by molar-refractivity contribution is -0.137. The lowest BCUT2D eigenvalue weighted by Gasteiger charge is -2.21. The van der Waals surface area contributed by atoms with Crippen LogP contribution in [0.15, 0.2) is 30.5 Å². The van der Waals surface area contributed by atoms with E-state index in [1.165, 1.54) is 25.3 Å². The van der Waals surface area contributed by atoms with E-state index in [4.69, 9.17) is 30.9 Å². The monoisotopic (exact) mass is 557 g/mol. The molecule has 0 aliphatic heterocycles. The highest BCUT2D eigenvalue weighted by atomic mass is 35.5. The molecular formula is C20H23ClF3N3O8S. The molecule has 36 heavy (non-hydrogen) atoms. The molecule has 1 amide bonds. The SMILES string of the molecule is COCCOc1ccc(CN(C(=O)O)S(=O)(=O)NCCCO)c(Oc2ncc(C(F)(F)F)cc2Cl)c1. The predicted octanol–water partition coefficient (Wildman–Crippen LogP) is 3.27. The Balaban J connectivity index is 2.43. The Bertz CT molecular complexity index is 1150. The first-order valence-electron chi connectivity index (χ1n) is 10.2. The summed E-state index contributed by atoms with van der Waals surface area (Å²) in [5, 5.41) is 17.8. The summed E-state index contributed by atoms with van der Waals surface area (Å²) >= 11 is 5.91. The van der Waals surface area contributed by atoms with E-state index in [9.17, 15) is 31.5 Å². The first kappa shape index (κ1) is 29.4. The molecule has 1 aromatic carbocycles. The van der Waals surface area contributed by atoms with Gasteiger partial charge in [0.1, 0.15) is 23.1 Å². The summed E-state index contributed by atoms with van der Waals surface area (Å²) in [6, 6.07) is 4.59. The van der Waals surface area contributed by atoms with Crippen molar-refractivity contribution in [3.8, 4) is 17.4 Å². The number of nitrogens with one attached hydrogen (secondary N) is 1. The average Bonchev–Trinajstić information content (AvgIpc) is 2.79. The molecule has 0 radical (unpaired) electrons. The summed E-state index contributed by atoms with van der Waals surface area (Å²) in [5.74, 6) is -0.402. The van der Waals surface area contributed by atoms with Gasteiger partial charge in [-0.25, -0.2) is 9.78 Å². The Morgan fingerprint density at radius 2 is 1.97 bits per heavy atom. The fourth-order valence-electron chi connectivity index (χ4n) is 2.62. The lowest BCUT2D eigenvalue weighted by atomic mass is 10.2. The minimum atomic E-state index is -4.70. The van der Waals surface area contributed by atoms with E-state index in [-0.39, 0.29) is 54.2 Å². The zero-order valence-electron chi connectivity index (χ0n) is 18.8. The van der Waals surface area contributed by atoms with E-state index >= 15 is 0 Å². The standard InChI is InChI=1S/C20H23ClF3N3O8S/c1-33-7-8-34-15-4-3-13(12-27(19(29)30)36(31,32)26-5-2-6-28)17(10-15)35-18-16(21)9-14(11-25-18)20(22,23)24/h3-4,9-11,26,28H,2,5-8,12H2,1H3,(H,29,30). The molecule has 200 valence electrons. The smallest absolute Gasteiger partial charge is 0.422 e. The van der Waals surface area contributed by atoms with Crippen molar-refractivity contribution < 1.29 is 50.8 Å². The van der Waals surface area contributed by atoms with Crippen LogP contribution in [0.4, 0.5) is 18.0 Å². The van der Waals surface area contributed by atoms with Crippen LogP contribution >= 0.6 is 11.6 Å². The summed E-state index contributed by atoms with van der Waals surface area (Å²) < 4.78 is 81.8. The minimum Gasteiger partial charge on any atom is -0.491 e. The van der Waals surface area contributed by atoms with E-state index in [0.717, 1.165) is 0 Å². The third-order valence-electron chi connectivity index (χ3n) is 4.37. The zero-order valence-corrected chi connectivity index (χ0v) is 20.4. The molecule has 1 heterocycles. The van der Waals surface area contributed by atoms with Gasteiger partial charge in [0.25, 0.3) is 0 Å². The lowest BCUT2D eigenvalue weighted by Crippen LogP contribution is -2.43. The molecule has 0 spiro atoms. The normalized spacial score (nSPS) is 11.8. The molecule has 0 fully saturated rings. The number of halogens is 4. The minimum absolute atomic E-state index is 0.00166. The summed E-state index contributed by atoms with van der Waals surface area (Å²) in [6.07, 6.45) is -5.97. The van der Waals surface area contributed by atoms with Gasteiger partial charge in [-0.3, -0.25) is 0 Å². The van der Waals surface area contributed by atoms with Gasteiger partial charge < -0.3 is 24.4 Å². The van der Waals surface area contributed by atoms with Gasteiger partial charge in [-0.2, -0.15) is 30.6 Å². The molecule has 0 saturated heterocycles. The number of aliphatic hydroxyl groups is 1. The highest BCUT2D eigenvalue weighted by Crippen LogP contribution is 2.36. The van der Waals surface area contributed by atoms with Crippen molar-refractivity contribution in [2.24, 2.45) is 0 Å². The van der Waals surface area contributed by atoms with Crippen LogP contribution in [-0.4, -0.2) is 67.5 Å². The van der Waals surface area contributed by atoms with Crippen LogP contribution in [0.25, 0.3) is 0 Å². The van der Waals surface area contributed by atoms with Crippen molar-refractivity contribution in [1.29, 1.82) is 0 Å². The van der Waals surface area contributed by atoms with Crippen molar-refractivity contribution in [2.45, 2.75) is 19.1 Å². The van der Waals surface area contributed by atoms with Crippen LogP contribution in [-0.2, 0) is 27.7 Å². The van der Waals surface area contributed by atoms with Crippen molar-refractivity contribution in [1.82, 2.24) is 14.0 Å². The molecular weight excluding hydrogens is 535 g/mol. The zero-order chi connectivity index (χ0) is 26.9. The van der Waals surface area contributed by atoms with Gasteiger partial charge in [0.2, 0.25) is 5.88 Å². The van der Waals surface area contributed by atoms with Crippen molar-refractivity contribution in [3.05, 3.63) is 46.6 Å². The molecule has 16 heteroatoms. The molecule has 11 nitrogen and oxygen atoms in total. The summed E-state index contributed by atoms with van der Waals surface area (Å²) in [5.41, 5.74) is -1.12. The molecule has 3 N–H and O–H groups in total. The number of aliphatic hydroxyl groups excluding tert-OH is 1. The molecule has 2 rings (SSSR count). The van der Waals surface area contributed by atoms with E-state index in [2.05, 4.69) is 4.98 Å². The second-order valence-corrected chi connectivity index (χ2v) is 9.07. The van der Waals surface area contributed by atoms with Gasteiger partial charge in [-0.1, -0.05) is 11.6 Å². The third kappa shape index (κ3) is 8.37. The Morgan fingerprint density at radius 3 is 2.56 bits per heavy atom. The van der Waals surface area contributed by atoms with Crippen LogP contribution in [0, 0.1) is 0 Å². The van der Waals surface area contributed by atoms with Gasteiger partial charge in [0.05, 0.1) is 18.7 Å². The van der Waals surface area contributed by atoms with E-state index in [1.54, 1.807) is 0 Å². The largest absolute Gasteiger partial charge is 0.491 e. The number of ether oxygens (including phenoxy) is 3. The molecule has 0 atom stereocenters. The quantitative estimate of drug-likeness (QED) is 0.316. The Kier molecular flexibility index (Phi) is 10.5. The van der Waals surface area contributed by atoms with Crippen LogP contribution in [0.1, 0.15) is 17.5 Å². The topological polar surface area (TPSA) is 148 Å². The van der Waals surface area contributed by atoms with Gasteiger partial charge in [0.15, 0.2) is 0 Å². The van der Waals surface area contributed by atoms with Gasteiger partial charge >= 0.3 is 22.5 Å². The fraction of sp³-hybridized carbons (Fsp3) is 0.400. The fourth-order valence-corrected chi connectivity index (χ4v) is 3.90. The molecule has 0 bridgehead atoms. The van der Waals surface area contributed by atoms with Gasteiger partial charge in [-0.05, 0) is 24.6 Å². The Morgan fingerprint density at radius 1 is 1.25 bits per heavy atom. The maximum atomic E-state index is 12.9. The Hall–Kier alpha value is -2.85. The number of methoxy groups -OCH3 is 1. The van der Waals surface area contributed by atoms with E-state index in [1.807, 2.05) is 4.72 Å². The number of carboxylic acid groups (broad SMARTS) is 1. The molecule has 1 aromatic heterocycles. The molecule has 0 unspecified atom stereocenters. The van der Waals surface area contributed by atoms with Crippen LogP contribution < -0.4 is 14.2 Å². The molecule has 0 saturated carbocycles. The first-order valence-corrected chi connectivity index (χ1v) is 12.0.